The van der Waals surface area contributed by atoms with Gasteiger partial charge in [-0.1, -0.05) is 22.6 Å². The maximum Gasteiger partial charge on any atom is 0.127 e. The van der Waals surface area contributed by atoms with Gasteiger partial charge in [-0.3, -0.25) is 4.99 Å². The Bertz CT molecular complexity index is 165. The van der Waals surface area contributed by atoms with Crippen LogP contribution >= 0.6 is 22.6 Å². The van der Waals surface area contributed by atoms with Gasteiger partial charge in [-0.05, 0) is 6.92 Å². The molecule has 0 aromatic rings. The number of rotatable bonds is 5. The van der Waals surface area contributed by atoms with Gasteiger partial charge in [0.25, 0.3) is 0 Å². The second-order valence-corrected chi connectivity index (χ2v) is 4.75. The summed E-state index contributed by atoms with van der Waals surface area (Å²) >= 11 is 2.23. The van der Waals surface area contributed by atoms with E-state index in [9.17, 15) is 0 Å². The molecule has 1 atom stereocenters. The van der Waals surface area contributed by atoms with E-state index in [0.717, 1.165) is 6.54 Å². The standard InChI is InChI=1S/C7H15IN4/c1-7(8,12-6-9)5-11-4-3-10-2/h3-4,6,10-11H,5H2,1-2H3,(H2,9,12)/b4-3+. The van der Waals surface area contributed by atoms with Crippen molar-refractivity contribution >= 4 is 28.9 Å². The molecule has 4 nitrogen and oxygen atoms in total. The lowest BCUT2D eigenvalue weighted by Crippen LogP contribution is -2.28. The average molecular weight is 282 g/mol. The Morgan fingerprint density at radius 1 is 1.58 bits per heavy atom. The number of alkyl halides is 1. The molecule has 0 aromatic heterocycles. The monoisotopic (exact) mass is 282 g/mol. The van der Waals surface area contributed by atoms with Crippen LogP contribution in [0.5, 0.6) is 0 Å². The molecule has 0 heterocycles. The molecule has 1 unspecified atom stereocenters. The van der Waals surface area contributed by atoms with Crippen molar-refractivity contribution in [1.82, 2.24) is 10.6 Å². The Morgan fingerprint density at radius 3 is 2.75 bits per heavy atom. The van der Waals surface area contributed by atoms with Crippen molar-refractivity contribution in [2.45, 2.75) is 10.5 Å². The van der Waals surface area contributed by atoms with E-state index in [1.807, 2.05) is 26.4 Å². The van der Waals surface area contributed by atoms with E-state index in [1.165, 1.54) is 6.34 Å². The summed E-state index contributed by atoms with van der Waals surface area (Å²) in [7, 11) is 1.85. The van der Waals surface area contributed by atoms with E-state index < -0.39 is 0 Å². The third kappa shape index (κ3) is 6.26. The molecule has 0 saturated carbocycles. The van der Waals surface area contributed by atoms with Crippen molar-refractivity contribution in [2.75, 3.05) is 13.6 Å². The number of hydrogen-bond donors (Lipinski definition) is 3. The highest BCUT2D eigenvalue weighted by atomic mass is 127. The first-order chi connectivity index (χ1) is 5.62. The predicted molar refractivity (Wildman–Crippen MR) is 61.3 cm³/mol. The van der Waals surface area contributed by atoms with E-state index in [4.69, 9.17) is 5.73 Å². The first kappa shape index (κ1) is 11.5. The molecule has 12 heavy (non-hydrogen) atoms. The van der Waals surface area contributed by atoms with Crippen molar-refractivity contribution in [1.29, 1.82) is 0 Å². The Hall–Kier alpha value is -0.460. The highest BCUT2D eigenvalue weighted by molar-refractivity contribution is 14.1. The maximum atomic E-state index is 5.19. The number of nitrogens with two attached hydrogens (primary N) is 1. The minimum atomic E-state index is -0.176. The summed E-state index contributed by atoms with van der Waals surface area (Å²) in [5, 5.41) is 5.97. The molecule has 0 spiro atoms. The third-order valence-corrected chi connectivity index (χ3v) is 1.80. The second kappa shape index (κ2) is 6.10. The highest BCUT2D eigenvalue weighted by Gasteiger charge is 2.15. The molecule has 0 rings (SSSR count). The summed E-state index contributed by atoms with van der Waals surface area (Å²) < 4.78 is -0.176. The van der Waals surface area contributed by atoms with Gasteiger partial charge in [0.15, 0.2) is 0 Å². The molecule has 0 fully saturated rings. The highest BCUT2D eigenvalue weighted by Crippen LogP contribution is 2.17. The first-order valence-corrected chi connectivity index (χ1v) is 4.70. The van der Waals surface area contributed by atoms with E-state index in [0.29, 0.717) is 0 Å². The van der Waals surface area contributed by atoms with Gasteiger partial charge in [0.2, 0.25) is 0 Å². The van der Waals surface area contributed by atoms with Crippen LogP contribution in [0.2, 0.25) is 0 Å². The summed E-state index contributed by atoms with van der Waals surface area (Å²) in [6.07, 6.45) is 4.98. The molecule has 0 aliphatic rings. The minimum absolute atomic E-state index is 0.176. The summed E-state index contributed by atoms with van der Waals surface area (Å²) in [5.41, 5.74) is 5.19. The van der Waals surface area contributed by atoms with Gasteiger partial charge >= 0.3 is 0 Å². The lowest BCUT2D eigenvalue weighted by Gasteiger charge is -2.16. The second-order valence-electron chi connectivity index (χ2n) is 2.42. The Balaban J connectivity index is 3.68. The minimum Gasteiger partial charge on any atom is -0.393 e. The molecule has 70 valence electrons. The molecule has 0 saturated heterocycles. The summed E-state index contributed by atoms with van der Waals surface area (Å²) in [6.45, 7) is 2.75. The van der Waals surface area contributed by atoms with Crippen LogP contribution in [-0.4, -0.2) is 23.5 Å². The van der Waals surface area contributed by atoms with Gasteiger partial charge in [0.05, 0.1) is 6.34 Å². The molecular formula is C7H15IN4. The topological polar surface area (TPSA) is 62.4 Å². The fourth-order valence-corrected chi connectivity index (χ4v) is 0.970. The van der Waals surface area contributed by atoms with Crippen LogP contribution in [-0.2, 0) is 0 Å². The number of nitrogens with one attached hydrogen (secondary N) is 2. The molecule has 0 bridgehead atoms. The van der Waals surface area contributed by atoms with Gasteiger partial charge in [0.1, 0.15) is 3.55 Å². The van der Waals surface area contributed by atoms with Gasteiger partial charge in [0, 0.05) is 26.0 Å². The lowest BCUT2D eigenvalue weighted by atomic mass is 10.3. The largest absolute Gasteiger partial charge is 0.393 e. The molecule has 5 heteroatoms. The number of halogens is 1. The summed E-state index contributed by atoms with van der Waals surface area (Å²) in [6, 6.07) is 0. The fourth-order valence-electron chi connectivity index (χ4n) is 0.589. The van der Waals surface area contributed by atoms with Crippen LogP contribution in [0.25, 0.3) is 0 Å². The molecule has 0 aliphatic heterocycles. The van der Waals surface area contributed by atoms with Crippen molar-refractivity contribution in [3.05, 3.63) is 12.4 Å². The van der Waals surface area contributed by atoms with Gasteiger partial charge in [-0.15, -0.1) is 0 Å². The van der Waals surface area contributed by atoms with E-state index in [2.05, 4.69) is 38.2 Å². The summed E-state index contributed by atoms with van der Waals surface area (Å²) in [5.74, 6) is 0. The van der Waals surface area contributed by atoms with Crippen LogP contribution in [0.15, 0.2) is 17.4 Å². The van der Waals surface area contributed by atoms with Gasteiger partial charge < -0.3 is 16.4 Å². The molecule has 4 N–H and O–H groups in total. The Labute approximate surface area is 86.8 Å². The van der Waals surface area contributed by atoms with Crippen LogP contribution in [0, 0.1) is 0 Å². The normalized spacial score (nSPS) is 16.6. The van der Waals surface area contributed by atoms with Gasteiger partial charge in [-0.2, -0.15) is 0 Å². The maximum absolute atomic E-state index is 5.19. The van der Waals surface area contributed by atoms with E-state index >= 15 is 0 Å². The van der Waals surface area contributed by atoms with Crippen LogP contribution < -0.4 is 16.4 Å². The molecule has 0 amide bonds. The molecular weight excluding hydrogens is 267 g/mol. The summed E-state index contributed by atoms with van der Waals surface area (Å²) in [4.78, 5) is 4.08. The smallest absolute Gasteiger partial charge is 0.127 e. The number of aliphatic imine (C=N–C) groups is 1. The van der Waals surface area contributed by atoms with Crippen LogP contribution in [0.4, 0.5) is 0 Å². The van der Waals surface area contributed by atoms with Gasteiger partial charge in [-0.25, -0.2) is 0 Å². The zero-order chi connectivity index (χ0) is 9.45. The van der Waals surface area contributed by atoms with Crippen molar-refractivity contribution in [3.8, 4) is 0 Å². The number of nitrogens with zero attached hydrogens (tertiary/aromatic N) is 1. The molecule has 0 radical (unpaired) electrons. The van der Waals surface area contributed by atoms with Crippen LogP contribution in [0.3, 0.4) is 0 Å². The molecule has 0 aliphatic carbocycles. The average Bonchev–Trinajstić information content (AvgIpc) is 1.98. The van der Waals surface area contributed by atoms with E-state index in [-0.39, 0.29) is 3.55 Å². The SMILES string of the molecule is CN/C=C/NCC(C)(I)N=CN. The molecule has 0 aromatic carbocycles. The van der Waals surface area contributed by atoms with Crippen molar-refractivity contribution < 1.29 is 0 Å². The third-order valence-electron chi connectivity index (χ3n) is 1.14. The fraction of sp³-hybridized carbons (Fsp3) is 0.571. The zero-order valence-electron chi connectivity index (χ0n) is 7.34. The lowest BCUT2D eigenvalue weighted by molar-refractivity contribution is 0.665. The Kier molecular flexibility index (Phi) is 5.87. The Morgan fingerprint density at radius 2 is 2.25 bits per heavy atom. The van der Waals surface area contributed by atoms with E-state index in [1.54, 1.807) is 0 Å². The van der Waals surface area contributed by atoms with Crippen molar-refractivity contribution in [2.24, 2.45) is 10.7 Å². The number of hydrogen-bond acceptors (Lipinski definition) is 3. The van der Waals surface area contributed by atoms with Crippen LogP contribution in [0.1, 0.15) is 6.92 Å². The first-order valence-electron chi connectivity index (χ1n) is 3.62. The van der Waals surface area contributed by atoms with Crippen molar-refractivity contribution in [3.63, 3.8) is 0 Å². The quantitative estimate of drug-likeness (QED) is 0.225. The zero-order valence-corrected chi connectivity index (χ0v) is 9.50. The predicted octanol–water partition coefficient (Wildman–Crippen LogP) is 0.405.